The van der Waals surface area contributed by atoms with Crippen molar-refractivity contribution in [1.29, 1.82) is 0 Å². The van der Waals surface area contributed by atoms with Crippen molar-refractivity contribution in [3.8, 4) is 33.4 Å². The lowest BCUT2D eigenvalue weighted by atomic mass is 9.81. The molecule has 0 atom stereocenters. The van der Waals surface area contributed by atoms with E-state index in [1.165, 1.54) is 109 Å². The molecule has 0 saturated heterocycles. The summed E-state index contributed by atoms with van der Waals surface area (Å²) in [7, 11) is 0. The average molecular weight is 647 g/mol. The third kappa shape index (κ3) is 3.96. The van der Waals surface area contributed by atoms with E-state index < -0.39 is 0 Å². The second kappa shape index (κ2) is 10.4. The van der Waals surface area contributed by atoms with Gasteiger partial charge in [0.2, 0.25) is 0 Å². The van der Waals surface area contributed by atoms with Crippen LogP contribution >= 0.6 is 0 Å². The van der Waals surface area contributed by atoms with E-state index in [-0.39, 0.29) is 5.41 Å². The molecule has 0 aliphatic heterocycles. The van der Waals surface area contributed by atoms with Crippen molar-refractivity contribution in [3.05, 3.63) is 181 Å². The number of rotatable bonds is 2. The summed E-state index contributed by atoms with van der Waals surface area (Å²) in [5.41, 5.74) is 10.6. The van der Waals surface area contributed by atoms with Gasteiger partial charge in [0, 0.05) is 5.41 Å². The maximum atomic E-state index is 2.47. The van der Waals surface area contributed by atoms with Crippen molar-refractivity contribution in [1.82, 2.24) is 0 Å². The van der Waals surface area contributed by atoms with Crippen LogP contribution in [0.4, 0.5) is 0 Å². The van der Waals surface area contributed by atoms with Crippen LogP contribution in [0.15, 0.2) is 170 Å². The van der Waals surface area contributed by atoms with E-state index in [9.17, 15) is 0 Å². The van der Waals surface area contributed by atoms with Crippen molar-refractivity contribution in [2.75, 3.05) is 0 Å². The standard InChI is InChI=1S/C51H34/c1-51(2)46-26-25-35(28-43(46)44-27-32-14-3-4-15-33(32)30-47(44)51)49-39-19-9-11-21-41(39)50(42-22-12-10-20-40(42)49)45-29-34-24-23-31-13-5-6-16-36(31)48(34)38-18-8-7-17-37(38)45/h3-30H,1-2H3. The fraction of sp³-hybridized carbons (Fsp3) is 0.0588. The topological polar surface area (TPSA) is 0 Å². The highest BCUT2D eigenvalue weighted by Gasteiger charge is 2.36. The van der Waals surface area contributed by atoms with E-state index in [2.05, 4.69) is 184 Å². The lowest BCUT2D eigenvalue weighted by Crippen LogP contribution is -2.14. The summed E-state index contributed by atoms with van der Waals surface area (Å²) in [5.74, 6) is 0. The van der Waals surface area contributed by atoms with Crippen molar-refractivity contribution >= 4 is 64.6 Å². The molecule has 1 aliphatic carbocycles. The molecule has 51 heavy (non-hydrogen) atoms. The third-order valence-corrected chi connectivity index (χ3v) is 11.8. The highest BCUT2D eigenvalue weighted by atomic mass is 14.4. The number of hydrogen-bond acceptors (Lipinski definition) is 0. The Balaban J connectivity index is 1.22. The molecule has 10 aromatic carbocycles. The molecule has 0 unspecified atom stereocenters. The summed E-state index contributed by atoms with van der Waals surface area (Å²) in [6.45, 7) is 4.75. The largest absolute Gasteiger partial charge is 0.0616 e. The van der Waals surface area contributed by atoms with Gasteiger partial charge in [0.25, 0.3) is 0 Å². The molecule has 10 aromatic rings. The van der Waals surface area contributed by atoms with E-state index in [0.717, 1.165) is 0 Å². The second-order valence-corrected chi connectivity index (χ2v) is 14.8. The molecule has 11 rings (SSSR count). The van der Waals surface area contributed by atoms with E-state index in [1.54, 1.807) is 0 Å². The monoisotopic (exact) mass is 646 g/mol. The van der Waals surface area contributed by atoms with Crippen molar-refractivity contribution < 1.29 is 0 Å². The summed E-state index contributed by atoms with van der Waals surface area (Å²) in [5, 5.41) is 15.5. The lowest BCUT2D eigenvalue weighted by Gasteiger charge is -2.22. The molecule has 0 heterocycles. The molecular formula is C51H34. The fourth-order valence-corrected chi connectivity index (χ4v) is 9.41. The summed E-state index contributed by atoms with van der Waals surface area (Å²) >= 11 is 0. The SMILES string of the molecule is CC1(C)c2ccc(-c3c4ccccc4c(-c4cc5ccc6ccccc6c5c5ccccc45)c4ccccc34)cc2-c2cc3ccccc3cc21. The van der Waals surface area contributed by atoms with Crippen molar-refractivity contribution in [2.24, 2.45) is 0 Å². The molecular weight excluding hydrogens is 613 g/mol. The molecule has 0 heteroatoms. The van der Waals surface area contributed by atoms with Crippen LogP contribution in [0.25, 0.3) is 98.0 Å². The molecule has 1 aliphatic rings. The first kappa shape index (κ1) is 28.6. The molecule has 0 aromatic heterocycles. The summed E-state index contributed by atoms with van der Waals surface area (Å²) in [6.07, 6.45) is 0. The highest BCUT2D eigenvalue weighted by Crippen LogP contribution is 2.53. The minimum atomic E-state index is -0.0658. The van der Waals surface area contributed by atoms with E-state index in [0.29, 0.717) is 0 Å². The maximum absolute atomic E-state index is 2.47. The van der Waals surface area contributed by atoms with Gasteiger partial charge in [-0.2, -0.15) is 0 Å². The van der Waals surface area contributed by atoms with Gasteiger partial charge in [-0.05, 0) is 133 Å². The van der Waals surface area contributed by atoms with Gasteiger partial charge in [0.15, 0.2) is 0 Å². The first-order chi connectivity index (χ1) is 25.1. The number of benzene rings is 10. The van der Waals surface area contributed by atoms with Crippen LogP contribution in [0, 0.1) is 0 Å². The predicted molar refractivity (Wildman–Crippen MR) is 220 cm³/mol. The van der Waals surface area contributed by atoms with E-state index >= 15 is 0 Å². The van der Waals surface area contributed by atoms with Crippen LogP contribution in [0.2, 0.25) is 0 Å². The van der Waals surface area contributed by atoms with Crippen molar-refractivity contribution in [3.63, 3.8) is 0 Å². The quantitative estimate of drug-likeness (QED) is 0.129. The van der Waals surface area contributed by atoms with Gasteiger partial charge in [0.1, 0.15) is 0 Å². The molecule has 0 bridgehead atoms. The van der Waals surface area contributed by atoms with Crippen LogP contribution in [0.5, 0.6) is 0 Å². The number of hydrogen-bond donors (Lipinski definition) is 0. The Morgan fingerprint density at radius 2 is 0.804 bits per heavy atom. The molecule has 0 saturated carbocycles. The normalized spacial score (nSPS) is 13.5. The molecule has 0 N–H and O–H groups in total. The number of fused-ring (bicyclic) bond motifs is 11. The Morgan fingerprint density at radius 3 is 1.49 bits per heavy atom. The smallest absolute Gasteiger partial charge is 0.0159 e. The highest BCUT2D eigenvalue weighted by molar-refractivity contribution is 6.28. The second-order valence-electron chi connectivity index (χ2n) is 14.8. The molecule has 0 nitrogen and oxygen atoms in total. The van der Waals surface area contributed by atoms with Gasteiger partial charge in [-0.3, -0.25) is 0 Å². The predicted octanol–water partition coefficient (Wildman–Crippen LogP) is 14.2. The molecule has 0 fully saturated rings. The summed E-state index contributed by atoms with van der Waals surface area (Å²) in [6, 6.07) is 63.7. The average Bonchev–Trinajstić information content (AvgIpc) is 3.39. The van der Waals surface area contributed by atoms with Crippen LogP contribution in [-0.2, 0) is 5.41 Å². The lowest BCUT2D eigenvalue weighted by molar-refractivity contribution is 0.661. The van der Waals surface area contributed by atoms with Crippen LogP contribution < -0.4 is 0 Å². The van der Waals surface area contributed by atoms with Crippen LogP contribution in [0.3, 0.4) is 0 Å². The van der Waals surface area contributed by atoms with Gasteiger partial charge in [0.05, 0.1) is 0 Å². The Bertz CT molecular complexity index is 3050. The first-order valence-electron chi connectivity index (χ1n) is 18.0. The Hall–Kier alpha value is -6.24. The zero-order valence-corrected chi connectivity index (χ0v) is 28.7. The third-order valence-electron chi connectivity index (χ3n) is 11.8. The zero-order chi connectivity index (χ0) is 33.8. The van der Waals surface area contributed by atoms with E-state index in [4.69, 9.17) is 0 Å². The zero-order valence-electron chi connectivity index (χ0n) is 28.7. The van der Waals surface area contributed by atoms with E-state index in [1.807, 2.05) is 0 Å². The van der Waals surface area contributed by atoms with Gasteiger partial charge in [-0.15, -0.1) is 0 Å². The maximum Gasteiger partial charge on any atom is 0.0159 e. The fourth-order valence-electron chi connectivity index (χ4n) is 9.41. The van der Waals surface area contributed by atoms with Crippen LogP contribution in [0.1, 0.15) is 25.0 Å². The van der Waals surface area contributed by atoms with Gasteiger partial charge in [-0.25, -0.2) is 0 Å². The molecule has 0 radical (unpaired) electrons. The molecule has 0 spiro atoms. The Morgan fingerprint density at radius 1 is 0.314 bits per heavy atom. The Kier molecular flexibility index (Phi) is 5.82. The Labute approximate surface area is 297 Å². The van der Waals surface area contributed by atoms with Gasteiger partial charge < -0.3 is 0 Å². The molecule has 0 amide bonds. The molecule has 238 valence electrons. The van der Waals surface area contributed by atoms with Crippen molar-refractivity contribution in [2.45, 2.75) is 19.3 Å². The van der Waals surface area contributed by atoms with Gasteiger partial charge in [-0.1, -0.05) is 159 Å². The summed E-state index contributed by atoms with van der Waals surface area (Å²) < 4.78 is 0. The van der Waals surface area contributed by atoms with Gasteiger partial charge >= 0.3 is 0 Å². The first-order valence-corrected chi connectivity index (χ1v) is 18.0. The van der Waals surface area contributed by atoms with Crippen LogP contribution in [-0.4, -0.2) is 0 Å². The minimum absolute atomic E-state index is 0.0658. The minimum Gasteiger partial charge on any atom is -0.0616 e. The summed E-state index contributed by atoms with van der Waals surface area (Å²) in [4.78, 5) is 0.